The van der Waals surface area contributed by atoms with Crippen molar-refractivity contribution in [3.63, 3.8) is 0 Å². The third kappa shape index (κ3) is 5.61. The van der Waals surface area contributed by atoms with Gasteiger partial charge in [-0.15, -0.1) is 11.8 Å². The van der Waals surface area contributed by atoms with Crippen LogP contribution in [-0.4, -0.2) is 16.6 Å². The summed E-state index contributed by atoms with van der Waals surface area (Å²) in [6.07, 6.45) is 0.987. The molecule has 0 unspecified atom stereocenters. The van der Waals surface area contributed by atoms with E-state index >= 15 is 0 Å². The highest BCUT2D eigenvalue weighted by Crippen LogP contribution is 2.32. The quantitative estimate of drug-likeness (QED) is 0.505. The Hall–Kier alpha value is -1.80. The molecule has 0 spiro atoms. The van der Waals surface area contributed by atoms with Crippen molar-refractivity contribution in [3.05, 3.63) is 69.2 Å². The molecule has 0 saturated carbocycles. The molecule has 2 rings (SSSR count). The second-order valence-corrected chi connectivity index (χ2v) is 8.20. The van der Waals surface area contributed by atoms with Gasteiger partial charge in [-0.1, -0.05) is 36.7 Å². The third-order valence-corrected chi connectivity index (χ3v) is 5.55. The molecule has 1 heterocycles. The molecule has 5 N–H and O–H groups in total. The van der Waals surface area contributed by atoms with Gasteiger partial charge in [-0.2, -0.15) is 0 Å². The fourth-order valence-corrected chi connectivity index (χ4v) is 3.69. The van der Waals surface area contributed by atoms with Crippen LogP contribution in [0.15, 0.2) is 41.9 Å². The zero-order chi connectivity index (χ0) is 20.9. The lowest BCUT2D eigenvalue weighted by atomic mass is 9.85. The van der Waals surface area contributed by atoms with E-state index in [0.29, 0.717) is 34.9 Å². The summed E-state index contributed by atoms with van der Waals surface area (Å²) >= 11 is 13.2. The number of rotatable bonds is 8. The van der Waals surface area contributed by atoms with Gasteiger partial charge in [0.15, 0.2) is 0 Å². The van der Waals surface area contributed by atoms with Crippen LogP contribution in [0.2, 0.25) is 10.2 Å². The Kier molecular flexibility index (Phi) is 7.71. The first-order valence-corrected chi connectivity index (χ1v) is 10.2. The van der Waals surface area contributed by atoms with E-state index in [4.69, 9.17) is 34.7 Å². The number of nitrogens with zero attached hydrogens (tertiary/aromatic N) is 1. The molecule has 0 aliphatic rings. The molecular weight excluding hydrogens is 422 g/mol. The monoisotopic (exact) mass is 442 g/mol. The van der Waals surface area contributed by atoms with Gasteiger partial charge < -0.3 is 16.8 Å². The van der Waals surface area contributed by atoms with Gasteiger partial charge in [0, 0.05) is 22.5 Å². The molecule has 0 aliphatic heterocycles. The molecule has 150 valence electrons. The standard InChI is InChI=1S/C19H21Cl2FN4OS/c1-3-19(24,8-9-28-11(2)23)13-10-12(4-6-15(13)22)25-18(27)17-14(20)5-7-16(21)26-17/h4-7,10H,2-3,8-9,23-24H2,1H3,(H,25,27)/t19-/m0/s1. The minimum Gasteiger partial charge on any atom is -0.394 e. The van der Waals surface area contributed by atoms with E-state index in [1.165, 1.54) is 42.1 Å². The van der Waals surface area contributed by atoms with Crippen molar-refractivity contribution in [2.75, 3.05) is 11.1 Å². The number of hydrogen-bond donors (Lipinski definition) is 3. The molecule has 0 bridgehead atoms. The SMILES string of the molecule is C=C(N)SCC[C@@](N)(CC)c1cc(NC(=O)c2nc(Cl)ccc2Cl)ccc1F. The molecule has 0 radical (unpaired) electrons. The van der Waals surface area contributed by atoms with Crippen LogP contribution in [0, 0.1) is 5.82 Å². The minimum absolute atomic E-state index is 0.0209. The van der Waals surface area contributed by atoms with Gasteiger partial charge in [-0.25, -0.2) is 9.37 Å². The topological polar surface area (TPSA) is 94.0 Å². The molecule has 1 aromatic carbocycles. The van der Waals surface area contributed by atoms with Crippen molar-refractivity contribution in [3.8, 4) is 0 Å². The van der Waals surface area contributed by atoms with Gasteiger partial charge in [-0.05, 0) is 43.2 Å². The largest absolute Gasteiger partial charge is 0.394 e. The zero-order valence-corrected chi connectivity index (χ0v) is 17.6. The predicted molar refractivity (Wildman–Crippen MR) is 115 cm³/mol. The van der Waals surface area contributed by atoms with E-state index in [9.17, 15) is 9.18 Å². The highest BCUT2D eigenvalue weighted by molar-refractivity contribution is 8.02. The fraction of sp³-hybridized carbons (Fsp3) is 0.263. The van der Waals surface area contributed by atoms with E-state index in [0.717, 1.165) is 0 Å². The van der Waals surface area contributed by atoms with Crippen molar-refractivity contribution in [2.24, 2.45) is 11.5 Å². The third-order valence-electron chi connectivity index (χ3n) is 4.25. The van der Waals surface area contributed by atoms with Crippen molar-refractivity contribution in [1.82, 2.24) is 4.98 Å². The second kappa shape index (κ2) is 9.60. The summed E-state index contributed by atoms with van der Waals surface area (Å²) in [4.78, 5) is 16.4. The van der Waals surface area contributed by atoms with Crippen molar-refractivity contribution in [1.29, 1.82) is 0 Å². The lowest BCUT2D eigenvalue weighted by Gasteiger charge is -2.29. The number of pyridine rings is 1. The first-order chi connectivity index (χ1) is 13.2. The smallest absolute Gasteiger partial charge is 0.275 e. The summed E-state index contributed by atoms with van der Waals surface area (Å²) in [6.45, 7) is 5.51. The fourth-order valence-electron chi connectivity index (χ4n) is 2.62. The molecule has 1 atom stereocenters. The van der Waals surface area contributed by atoms with Gasteiger partial charge in [0.1, 0.15) is 16.7 Å². The number of thioether (sulfide) groups is 1. The van der Waals surface area contributed by atoms with Crippen LogP contribution < -0.4 is 16.8 Å². The number of amides is 1. The number of hydrogen-bond acceptors (Lipinski definition) is 5. The summed E-state index contributed by atoms with van der Waals surface area (Å²) in [5, 5.41) is 3.43. The van der Waals surface area contributed by atoms with Crippen LogP contribution in [0.3, 0.4) is 0 Å². The summed E-state index contributed by atoms with van der Waals surface area (Å²) < 4.78 is 14.5. The van der Waals surface area contributed by atoms with Gasteiger partial charge in [0.05, 0.1) is 10.1 Å². The Bertz CT molecular complexity index is 896. The van der Waals surface area contributed by atoms with E-state index < -0.39 is 17.3 Å². The number of benzene rings is 1. The van der Waals surface area contributed by atoms with Gasteiger partial charge in [0.2, 0.25) is 0 Å². The number of halogens is 3. The van der Waals surface area contributed by atoms with Gasteiger partial charge in [0.25, 0.3) is 5.91 Å². The Labute approximate surface area is 177 Å². The normalized spacial score (nSPS) is 13.0. The van der Waals surface area contributed by atoms with Crippen molar-refractivity contribution < 1.29 is 9.18 Å². The molecule has 1 amide bonds. The number of nitrogens with one attached hydrogen (secondary N) is 1. The number of aromatic nitrogens is 1. The Morgan fingerprint density at radius 3 is 2.71 bits per heavy atom. The van der Waals surface area contributed by atoms with E-state index in [1.807, 2.05) is 6.92 Å². The number of nitrogens with two attached hydrogens (primary N) is 2. The summed E-state index contributed by atoms with van der Waals surface area (Å²) in [6, 6.07) is 7.20. The molecule has 28 heavy (non-hydrogen) atoms. The molecule has 9 heteroatoms. The molecule has 2 aromatic rings. The molecule has 0 aliphatic carbocycles. The number of anilines is 1. The molecule has 0 saturated heterocycles. The lowest BCUT2D eigenvalue weighted by molar-refractivity contribution is 0.102. The highest BCUT2D eigenvalue weighted by Gasteiger charge is 2.29. The Morgan fingerprint density at radius 1 is 1.36 bits per heavy atom. The zero-order valence-electron chi connectivity index (χ0n) is 15.3. The minimum atomic E-state index is -0.917. The average Bonchev–Trinajstić information content (AvgIpc) is 2.64. The van der Waals surface area contributed by atoms with Crippen LogP contribution in [0.1, 0.15) is 35.8 Å². The first-order valence-electron chi connectivity index (χ1n) is 8.45. The highest BCUT2D eigenvalue weighted by atomic mass is 35.5. The van der Waals surface area contributed by atoms with Crippen LogP contribution in [0.4, 0.5) is 10.1 Å². The summed E-state index contributed by atoms with van der Waals surface area (Å²) in [7, 11) is 0. The van der Waals surface area contributed by atoms with Gasteiger partial charge >= 0.3 is 0 Å². The van der Waals surface area contributed by atoms with Gasteiger partial charge in [-0.3, -0.25) is 4.79 Å². The average molecular weight is 443 g/mol. The maximum Gasteiger partial charge on any atom is 0.275 e. The Balaban J connectivity index is 2.27. The van der Waals surface area contributed by atoms with E-state index in [2.05, 4.69) is 16.9 Å². The van der Waals surface area contributed by atoms with Crippen LogP contribution >= 0.6 is 35.0 Å². The van der Waals surface area contributed by atoms with Crippen LogP contribution in [0.25, 0.3) is 0 Å². The lowest BCUT2D eigenvalue weighted by Crippen LogP contribution is -2.37. The predicted octanol–water partition coefficient (Wildman–Crippen LogP) is 4.90. The number of carbonyl (C=O) groups excluding carboxylic acids is 1. The number of carbonyl (C=O) groups is 1. The molecular formula is C19H21Cl2FN4OS. The van der Waals surface area contributed by atoms with E-state index in [1.54, 1.807) is 0 Å². The molecule has 0 fully saturated rings. The maximum atomic E-state index is 14.5. The van der Waals surface area contributed by atoms with E-state index in [-0.39, 0.29) is 15.9 Å². The second-order valence-electron chi connectivity index (χ2n) is 6.19. The van der Waals surface area contributed by atoms with Crippen molar-refractivity contribution >= 4 is 46.6 Å². The van der Waals surface area contributed by atoms with Crippen LogP contribution in [0.5, 0.6) is 0 Å². The Morgan fingerprint density at radius 2 is 2.07 bits per heavy atom. The first kappa shape index (κ1) is 22.5. The maximum absolute atomic E-state index is 14.5. The van der Waals surface area contributed by atoms with Crippen LogP contribution in [-0.2, 0) is 5.54 Å². The molecule has 1 aromatic heterocycles. The molecule has 5 nitrogen and oxygen atoms in total. The summed E-state index contributed by atoms with van der Waals surface area (Å²) in [5.41, 5.74) is 11.8. The van der Waals surface area contributed by atoms with Crippen molar-refractivity contribution in [2.45, 2.75) is 25.3 Å². The summed E-state index contributed by atoms with van der Waals surface area (Å²) in [5.74, 6) is -0.408.